The molecule has 5 nitrogen and oxygen atoms in total. The van der Waals surface area contributed by atoms with Crippen LogP contribution in [0.15, 0.2) is 71.9 Å². The molecule has 150 valence electrons. The minimum absolute atomic E-state index is 0.216. The van der Waals surface area contributed by atoms with Crippen LogP contribution in [0.5, 0.6) is 11.6 Å². The van der Waals surface area contributed by atoms with Crippen molar-refractivity contribution in [2.24, 2.45) is 4.99 Å². The van der Waals surface area contributed by atoms with Gasteiger partial charge in [0, 0.05) is 38.0 Å². The van der Waals surface area contributed by atoms with Crippen LogP contribution in [0.4, 0.5) is 8.78 Å². The molecule has 0 atom stereocenters. The zero-order valence-electron chi connectivity index (χ0n) is 16.0. The number of nitrogens with one attached hydrogen (secondary N) is 2. The van der Waals surface area contributed by atoms with E-state index < -0.39 is 0 Å². The average Bonchev–Trinajstić information content (AvgIpc) is 2.73. The van der Waals surface area contributed by atoms with Crippen LogP contribution in [0.25, 0.3) is 0 Å². The Morgan fingerprint density at radius 3 is 2.62 bits per heavy atom. The summed E-state index contributed by atoms with van der Waals surface area (Å²) in [6, 6.07) is 16.2. The SMILES string of the molecule is CN=C(NCCc1ccccc1F)NCc1cccnc1Oc1cccc(F)c1. The topological polar surface area (TPSA) is 58.5 Å². The van der Waals surface area contributed by atoms with Gasteiger partial charge in [0.25, 0.3) is 0 Å². The van der Waals surface area contributed by atoms with Gasteiger partial charge < -0.3 is 15.4 Å². The van der Waals surface area contributed by atoms with E-state index in [9.17, 15) is 8.78 Å². The molecule has 0 unspecified atom stereocenters. The molecule has 0 saturated heterocycles. The number of rotatable bonds is 7. The molecule has 0 radical (unpaired) electrons. The number of guanidine groups is 1. The van der Waals surface area contributed by atoms with E-state index in [2.05, 4.69) is 20.6 Å². The van der Waals surface area contributed by atoms with Crippen molar-refractivity contribution in [3.63, 3.8) is 0 Å². The maximum absolute atomic E-state index is 13.7. The van der Waals surface area contributed by atoms with Crippen LogP contribution in [0.1, 0.15) is 11.1 Å². The van der Waals surface area contributed by atoms with E-state index in [4.69, 9.17) is 4.74 Å². The summed E-state index contributed by atoms with van der Waals surface area (Å²) < 4.78 is 32.8. The van der Waals surface area contributed by atoms with Crippen LogP contribution in [0.3, 0.4) is 0 Å². The Morgan fingerprint density at radius 2 is 1.83 bits per heavy atom. The highest BCUT2D eigenvalue weighted by molar-refractivity contribution is 5.79. The molecule has 0 spiro atoms. The summed E-state index contributed by atoms with van der Waals surface area (Å²) in [5, 5.41) is 6.33. The fourth-order valence-corrected chi connectivity index (χ4v) is 2.71. The molecular weight excluding hydrogens is 374 g/mol. The first kappa shape index (κ1) is 20.3. The molecule has 3 aromatic rings. The van der Waals surface area contributed by atoms with Gasteiger partial charge in [-0.25, -0.2) is 13.8 Å². The van der Waals surface area contributed by atoms with E-state index in [1.165, 1.54) is 18.2 Å². The smallest absolute Gasteiger partial charge is 0.224 e. The summed E-state index contributed by atoms with van der Waals surface area (Å²) in [5.41, 5.74) is 1.43. The van der Waals surface area contributed by atoms with Crippen LogP contribution in [0, 0.1) is 11.6 Å². The lowest BCUT2D eigenvalue weighted by atomic mass is 10.1. The normalized spacial score (nSPS) is 11.2. The minimum Gasteiger partial charge on any atom is -0.439 e. The van der Waals surface area contributed by atoms with Gasteiger partial charge in [-0.2, -0.15) is 0 Å². The summed E-state index contributed by atoms with van der Waals surface area (Å²) in [6.07, 6.45) is 2.15. The number of halogens is 2. The number of aromatic nitrogens is 1. The average molecular weight is 396 g/mol. The summed E-state index contributed by atoms with van der Waals surface area (Å²) >= 11 is 0. The van der Waals surface area contributed by atoms with Gasteiger partial charge in [0.1, 0.15) is 17.4 Å². The molecule has 3 rings (SSSR count). The number of hydrogen-bond donors (Lipinski definition) is 2. The van der Waals surface area contributed by atoms with Gasteiger partial charge in [0.05, 0.1) is 0 Å². The van der Waals surface area contributed by atoms with Gasteiger partial charge in [-0.3, -0.25) is 4.99 Å². The molecule has 2 aromatic carbocycles. The van der Waals surface area contributed by atoms with E-state index in [-0.39, 0.29) is 11.6 Å². The lowest BCUT2D eigenvalue weighted by molar-refractivity contribution is 0.450. The second-order valence-corrected chi connectivity index (χ2v) is 6.22. The highest BCUT2D eigenvalue weighted by Gasteiger charge is 2.08. The fourth-order valence-electron chi connectivity index (χ4n) is 2.71. The number of nitrogens with zero attached hydrogens (tertiary/aromatic N) is 2. The fraction of sp³-hybridized carbons (Fsp3) is 0.182. The highest BCUT2D eigenvalue weighted by Crippen LogP contribution is 2.23. The molecular formula is C22H22F2N4O. The van der Waals surface area contributed by atoms with Gasteiger partial charge in [0.15, 0.2) is 5.96 Å². The summed E-state index contributed by atoms with van der Waals surface area (Å²) in [4.78, 5) is 8.40. The predicted octanol–water partition coefficient (Wildman–Crippen LogP) is 4.06. The molecule has 0 amide bonds. The van der Waals surface area contributed by atoms with Crippen LogP contribution >= 0.6 is 0 Å². The summed E-state index contributed by atoms with van der Waals surface area (Å²) in [6.45, 7) is 0.929. The number of pyridine rings is 1. The molecule has 0 saturated carbocycles. The van der Waals surface area contributed by atoms with Crippen molar-refractivity contribution in [3.05, 3.63) is 89.6 Å². The van der Waals surface area contributed by atoms with E-state index >= 15 is 0 Å². The highest BCUT2D eigenvalue weighted by atomic mass is 19.1. The number of hydrogen-bond acceptors (Lipinski definition) is 3. The van der Waals surface area contributed by atoms with Gasteiger partial charge in [-0.15, -0.1) is 0 Å². The van der Waals surface area contributed by atoms with Gasteiger partial charge in [-0.05, 0) is 36.2 Å². The Labute approximate surface area is 168 Å². The first-order chi connectivity index (χ1) is 14.2. The zero-order chi connectivity index (χ0) is 20.5. The number of aliphatic imine (C=N–C) groups is 1. The number of benzene rings is 2. The van der Waals surface area contributed by atoms with E-state index in [1.807, 2.05) is 12.1 Å². The van der Waals surface area contributed by atoms with Crippen molar-refractivity contribution in [2.75, 3.05) is 13.6 Å². The molecule has 0 aliphatic heterocycles. The van der Waals surface area contributed by atoms with Crippen molar-refractivity contribution in [3.8, 4) is 11.6 Å². The first-order valence-corrected chi connectivity index (χ1v) is 9.21. The molecule has 29 heavy (non-hydrogen) atoms. The van der Waals surface area contributed by atoms with Crippen LogP contribution in [0.2, 0.25) is 0 Å². The molecule has 1 aromatic heterocycles. The van der Waals surface area contributed by atoms with E-state index in [0.717, 1.165) is 5.56 Å². The molecule has 1 heterocycles. The van der Waals surface area contributed by atoms with Crippen molar-refractivity contribution in [1.82, 2.24) is 15.6 Å². The lowest BCUT2D eigenvalue weighted by Crippen LogP contribution is -2.38. The maximum atomic E-state index is 13.7. The first-order valence-electron chi connectivity index (χ1n) is 9.21. The third-order valence-corrected chi connectivity index (χ3v) is 4.18. The van der Waals surface area contributed by atoms with Crippen LogP contribution in [-0.2, 0) is 13.0 Å². The molecule has 0 bridgehead atoms. The lowest BCUT2D eigenvalue weighted by Gasteiger charge is -2.14. The largest absolute Gasteiger partial charge is 0.439 e. The van der Waals surface area contributed by atoms with Crippen molar-refractivity contribution in [1.29, 1.82) is 0 Å². The Balaban J connectivity index is 1.56. The summed E-state index contributed by atoms with van der Waals surface area (Å²) in [7, 11) is 1.66. The van der Waals surface area contributed by atoms with Crippen molar-refractivity contribution in [2.45, 2.75) is 13.0 Å². The van der Waals surface area contributed by atoms with Crippen LogP contribution in [-0.4, -0.2) is 24.5 Å². The van der Waals surface area contributed by atoms with E-state index in [1.54, 1.807) is 43.6 Å². The van der Waals surface area contributed by atoms with Gasteiger partial charge >= 0.3 is 0 Å². The third kappa shape index (κ3) is 6.00. The molecule has 0 aliphatic carbocycles. The van der Waals surface area contributed by atoms with Gasteiger partial charge in [-0.1, -0.05) is 30.3 Å². The molecule has 0 aliphatic rings. The quantitative estimate of drug-likeness (QED) is 0.467. The Bertz CT molecular complexity index is 978. The standard InChI is InChI=1S/C22H22F2N4O/c1-25-22(27-13-11-16-6-2-3-10-20(16)24)28-15-17-7-5-12-26-21(17)29-19-9-4-8-18(23)14-19/h2-10,12,14H,11,13,15H2,1H3,(H2,25,27,28). The van der Waals surface area contributed by atoms with Crippen molar-refractivity contribution < 1.29 is 13.5 Å². The second kappa shape index (κ2) is 10.2. The monoisotopic (exact) mass is 396 g/mol. The molecule has 0 fully saturated rings. The predicted molar refractivity (Wildman–Crippen MR) is 109 cm³/mol. The zero-order valence-corrected chi connectivity index (χ0v) is 16.0. The second-order valence-electron chi connectivity index (χ2n) is 6.22. The Hall–Kier alpha value is -3.48. The third-order valence-electron chi connectivity index (χ3n) is 4.18. The van der Waals surface area contributed by atoms with E-state index in [0.29, 0.717) is 42.7 Å². The minimum atomic E-state index is -0.377. The molecule has 7 heteroatoms. The Kier molecular flexibility index (Phi) is 7.10. The van der Waals surface area contributed by atoms with Gasteiger partial charge in [0.2, 0.25) is 5.88 Å². The Morgan fingerprint density at radius 1 is 1.00 bits per heavy atom. The van der Waals surface area contributed by atoms with Crippen molar-refractivity contribution >= 4 is 5.96 Å². The summed E-state index contributed by atoms with van der Waals surface area (Å²) in [5.74, 6) is 0.732. The maximum Gasteiger partial charge on any atom is 0.224 e. The molecule has 2 N–H and O–H groups in total. The number of ether oxygens (including phenoxy) is 1. The van der Waals surface area contributed by atoms with Crippen LogP contribution < -0.4 is 15.4 Å².